The average Bonchev–Trinajstić information content (AvgIpc) is 2.94. The molecule has 0 bridgehead atoms. The molecular formula is C36H69NO3. The second-order valence-corrected chi connectivity index (χ2v) is 12.2. The second kappa shape index (κ2) is 32.2. The summed E-state index contributed by atoms with van der Waals surface area (Å²) < 4.78 is 0. The average molecular weight is 564 g/mol. The molecule has 1 amide bonds. The molecule has 0 aliphatic rings. The van der Waals surface area contributed by atoms with Crippen molar-refractivity contribution in [1.82, 2.24) is 5.32 Å². The van der Waals surface area contributed by atoms with Gasteiger partial charge < -0.3 is 10.4 Å². The summed E-state index contributed by atoms with van der Waals surface area (Å²) in [5, 5.41) is 12.4. The third-order valence-corrected chi connectivity index (χ3v) is 8.17. The Morgan fingerprint density at radius 2 is 0.900 bits per heavy atom. The Morgan fingerprint density at radius 1 is 0.550 bits per heavy atom. The van der Waals surface area contributed by atoms with E-state index >= 15 is 0 Å². The summed E-state index contributed by atoms with van der Waals surface area (Å²) in [6.07, 6.45) is 39.0. The van der Waals surface area contributed by atoms with Gasteiger partial charge in [0.1, 0.15) is 0 Å². The van der Waals surface area contributed by atoms with Gasteiger partial charge >= 0.3 is 5.97 Å². The molecule has 0 aromatic heterocycles. The molecule has 4 nitrogen and oxygen atoms in total. The molecule has 2 N–H and O–H groups in total. The maximum Gasteiger partial charge on any atom is 0.310 e. The van der Waals surface area contributed by atoms with Gasteiger partial charge in [0, 0.05) is 13.0 Å². The van der Waals surface area contributed by atoms with Crippen LogP contribution in [0.1, 0.15) is 194 Å². The van der Waals surface area contributed by atoms with Crippen LogP contribution in [-0.2, 0) is 9.59 Å². The lowest BCUT2D eigenvalue weighted by Gasteiger charge is -2.09. The second-order valence-electron chi connectivity index (χ2n) is 12.2. The Labute approximate surface area is 249 Å². The van der Waals surface area contributed by atoms with Crippen LogP contribution < -0.4 is 5.32 Å². The number of carboxylic acids is 1. The van der Waals surface area contributed by atoms with Gasteiger partial charge in [0.2, 0.25) is 5.91 Å². The molecule has 0 aliphatic heterocycles. The SMILES string of the molecule is CCCCCCCCCCCC/C=C/C(CC(=O)NCCCCCCCCCCCCCCCCCC)C(=O)O. The molecule has 4 heteroatoms. The van der Waals surface area contributed by atoms with Crippen molar-refractivity contribution in [3.05, 3.63) is 12.2 Å². The molecule has 236 valence electrons. The van der Waals surface area contributed by atoms with Gasteiger partial charge in [-0.3, -0.25) is 9.59 Å². The number of hydrogen-bond acceptors (Lipinski definition) is 2. The van der Waals surface area contributed by atoms with E-state index in [9.17, 15) is 14.7 Å². The van der Waals surface area contributed by atoms with Crippen molar-refractivity contribution in [2.24, 2.45) is 5.92 Å². The molecule has 1 atom stereocenters. The zero-order valence-corrected chi connectivity index (χ0v) is 27.0. The molecule has 0 saturated carbocycles. The molecule has 0 spiro atoms. The molecular weight excluding hydrogens is 494 g/mol. The fourth-order valence-corrected chi connectivity index (χ4v) is 5.42. The van der Waals surface area contributed by atoms with Gasteiger partial charge in [-0.25, -0.2) is 0 Å². The topological polar surface area (TPSA) is 66.4 Å². The zero-order valence-electron chi connectivity index (χ0n) is 27.0. The number of unbranched alkanes of at least 4 members (excludes halogenated alkanes) is 25. The summed E-state index contributed by atoms with van der Waals surface area (Å²) >= 11 is 0. The van der Waals surface area contributed by atoms with E-state index in [0.717, 1.165) is 25.7 Å². The molecule has 0 aliphatic carbocycles. The Hall–Kier alpha value is -1.32. The molecule has 0 radical (unpaired) electrons. The van der Waals surface area contributed by atoms with Gasteiger partial charge in [0.25, 0.3) is 0 Å². The molecule has 40 heavy (non-hydrogen) atoms. The first kappa shape index (κ1) is 38.7. The highest BCUT2D eigenvalue weighted by molar-refractivity contribution is 5.83. The third kappa shape index (κ3) is 29.7. The van der Waals surface area contributed by atoms with Crippen molar-refractivity contribution in [1.29, 1.82) is 0 Å². The van der Waals surface area contributed by atoms with Crippen LogP contribution in [0.15, 0.2) is 12.2 Å². The highest BCUT2D eigenvalue weighted by Crippen LogP contribution is 2.15. The number of amides is 1. The minimum absolute atomic E-state index is 0.0444. The summed E-state index contributed by atoms with van der Waals surface area (Å²) in [5.74, 6) is -1.76. The van der Waals surface area contributed by atoms with E-state index in [1.807, 2.05) is 6.08 Å². The van der Waals surface area contributed by atoms with E-state index in [-0.39, 0.29) is 12.3 Å². The third-order valence-electron chi connectivity index (χ3n) is 8.17. The van der Waals surface area contributed by atoms with E-state index in [4.69, 9.17) is 0 Å². The Morgan fingerprint density at radius 3 is 1.27 bits per heavy atom. The molecule has 0 fully saturated rings. The van der Waals surface area contributed by atoms with Crippen molar-refractivity contribution in [3.8, 4) is 0 Å². The number of nitrogens with one attached hydrogen (secondary N) is 1. The van der Waals surface area contributed by atoms with Crippen LogP contribution in [0, 0.1) is 5.92 Å². The van der Waals surface area contributed by atoms with E-state index in [2.05, 4.69) is 19.2 Å². The minimum atomic E-state index is -0.906. The van der Waals surface area contributed by atoms with Crippen molar-refractivity contribution in [2.45, 2.75) is 194 Å². The van der Waals surface area contributed by atoms with E-state index in [1.165, 1.54) is 148 Å². The minimum Gasteiger partial charge on any atom is -0.481 e. The van der Waals surface area contributed by atoms with Gasteiger partial charge in [-0.05, 0) is 19.3 Å². The number of aliphatic carboxylic acids is 1. The van der Waals surface area contributed by atoms with Gasteiger partial charge in [-0.15, -0.1) is 0 Å². The number of carbonyl (C=O) groups excluding carboxylic acids is 1. The summed E-state index contributed by atoms with van der Waals surface area (Å²) in [4.78, 5) is 23.8. The number of carboxylic acid groups (broad SMARTS) is 1. The highest BCUT2D eigenvalue weighted by Gasteiger charge is 2.17. The van der Waals surface area contributed by atoms with Crippen LogP contribution >= 0.6 is 0 Å². The van der Waals surface area contributed by atoms with Gasteiger partial charge in [0.05, 0.1) is 5.92 Å². The van der Waals surface area contributed by atoms with Gasteiger partial charge in [0.15, 0.2) is 0 Å². The molecule has 1 unspecified atom stereocenters. The van der Waals surface area contributed by atoms with Crippen molar-refractivity contribution >= 4 is 11.9 Å². The smallest absolute Gasteiger partial charge is 0.310 e. The lowest BCUT2D eigenvalue weighted by molar-refractivity contribution is -0.142. The van der Waals surface area contributed by atoms with E-state index in [1.54, 1.807) is 6.08 Å². The first-order valence-corrected chi connectivity index (χ1v) is 17.8. The van der Waals surface area contributed by atoms with E-state index < -0.39 is 11.9 Å². The number of carbonyl (C=O) groups is 2. The standard InChI is InChI=1S/C36H69NO3/c1-3-5-7-9-11-13-15-17-18-19-20-22-24-26-28-30-32-37-35(38)33-34(36(39)40)31-29-27-25-23-21-16-14-12-10-8-6-4-2/h29,31,34H,3-28,30,32-33H2,1-2H3,(H,37,38)(H,39,40)/b31-29+. The lowest BCUT2D eigenvalue weighted by atomic mass is 10.0. The van der Waals surface area contributed by atoms with Crippen LogP contribution in [0.4, 0.5) is 0 Å². The predicted octanol–water partition coefficient (Wildman–Crippen LogP) is 11.3. The van der Waals surface area contributed by atoms with Crippen LogP contribution in [0.5, 0.6) is 0 Å². The number of allylic oxidation sites excluding steroid dienone is 1. The molecule has 0 rings (SSSR count). The summed E-state index contributed by atoms with van der Waals surface area (Å²) in [5.41, 5.74) is 0. The maximum atomic E-state index is 12.2. The largest absolute Gasteiger partial charge is 0.481 e. The Bertz CT molecular complexity index is 574. The Kier molecular flexibility index (Phi) is 31.1. The number of hydrogen-bond donors (Lipinski definition) is 2. The van der Waals surface area contributed by atoms with Gasteiger partial charge in [-0.1, -0.05) is 180 Å². The van der Waals surface area contributed by atoms with Crippen LogP contribution in [0.3, 0.4) is 0 Å². The first-order valence-electron chi connectivity index (χ1n) is 17.8. The van der Waals surface area contributed by atoms with Crippen LogP contribution in [0.2, 0.25) is 0 Å². The summed E-state index contributed by atoms with van der Waals surface area (Å²) in [6, 6.07) is 0. The molecule has 0 saturated heterocycles. The Balaban J connectivity index is 3.57. The van der Waals surface area contributed by atoms with Crippen molar-refractivity contribution < 1.29 is 14.7 Å². The predicted molar refractivity (Wildman–Crippen MR) is 174 cm³/mol. The van der Waals surface area contributed by atoms with E-state index in [0.29, 0.717) is 6.54 Å². The van der Waals surface area contributed by atoms with Crippen LogP contribution in [-0.4, -0.2) is 23.5 Å². The quantitative estimate of drug-likeness (QED) is 0.0631. The first-order chi connectivity index (χ1) is 19.6. The fourth-order valence-electron chi connectivity index (χ4n) is 5.42. The van der Waals surface area contributed by atoms with Crippen molar-refractivity contribution in [3.63, 3.8) is 0 Å². The van der Waals surface area contributed by atoms with Crippen LogP contribution in [0.25, 0.3) is 0 Å². The van der Waals surface area contributed by atoms with Crippen molar-refractivity contribution in [2.75, 3.05) is 6.54 Å². The normalized spacial score (nSPS) is 12.2. The molecule has 0 aromatic carbocycles. The molecule has 0 aromatic rings. The zero-order chi connectivity index (χ0) is 29.4. The monoisotopic (exact) mass is 564 g/mol. The lowest BCUT2D eigenvalue weighted by Crippen LogP contribution is -2.28. The van der Waals surface area contributed by atoms with Gasteiger partial charge in [-0.2, -0.15) is 0 Å². The highest BCUT2D eigenvalue weighted by atomic mass is 16.4. The maximum absolute atomic E-state index is 12.2. The summed E-state index contributed by atoms with van der Waals surface area (Å²) in [7, 11) is 0. The molecule has 0 heterocycles. The number of rotatable bonds is 32. The fraction of sp³-hybridized carbons (Fsp3) is 0.889. The summed E-state index contributed by atoms with van der Waals surface area (Å²) in [6.45, 7) is 5.19.